The molecule has 0 saturated heterocycles. The van der Waals surface area contributed by atoms with Crippen LogP contribution in [0.4, 0.5) is 0 Å². The van der Waals surface area contributed by atoms with Crippen molar-refractivity contribution in [3.63, 3.8) is 0 Å². The van der Waals surface area contributed by atoms with Crippen LogP contribution in [-0.2, 0) is 9.53 Å². The number of amides is 1. The fraction of sp³-hybridized carbons (Fsp3) is 0.938. The SMILES string of the molecule is CCC(C)C(C)(O)CNC(=O)COC1CCCCC1C. The summed E-state index contributed by atoms with van der Waals surface area (Å²) in [7, 11) is 0. The fourth-order valence-electron chi connectivity index (χ4n) is 2.66. The van der Waals surface area contributed by atoms with Gasteiger partial charge in [-0.25, -0.2) is 0 Å². The van der Waals surface area contributed by atoms with Crippen molar-refractivity contribution in [2.24, 2.45) is 11.8 Å². The number of hydrogen-bond donors (Lipinski definition) is 2. The summed E-state index contributed by atoms with van der Waals surface area (Å²) in [5.41, 5.74) is -0.859. The molecule has 20 heavy (non-hydrogen) atoms. The first-order valence-corrected chi connectivity index (χ1v) is 7.97. The Morgan fingerprint density at radius 1 is 1.45 bits per heavy atom. The zero-order valence-corrected chi connectivity index (χ0v) is 13.4. The van der Waals surface area contributed by atoms with E-state index in [4.69, 9.17) is 4.74 Å². The Balaban J connectivity index is 2.26. The molecule has 0 bridgehead atoms. The van der Waals surface area contributed by atoms with Crippen LogP contribution in [-0.4, -0.2) is 35.9 Å². The molecule has 1 fully saturated rings. The van der Waals surface area contributed by atoms with E-state index in [1.807, 2.05) is 13.8 Å². The van der Waals surface area contributed by atoms with E-state index in [0.29, 0.717) is 5.92 Å². The van der Waals surface area contributed by atoms with Crippen molar-refractivity contribution in [1.82, 2.24) is 5.32 Å². The van der Waals surface area contributed by atoms with Gasteiger partial charge in [-0.2, -0.15) is 0 Å². The molecular weight excluding hydrogens is 254 g/mol. The van der Waals surface area contributed by atoms with Crippen LogP contribution in [0.15, 0.2) is 0 Å². The Kier molecular flexibility index (Phi) is 6.96. The molecule has 0 spiro atoms. The molecule has 0 radical (unpaired) electrons. The Morgan fingerprint density at radius 2 is 2.10 bits per heavy atom. The molecular formula is C16H31NO3. The molecule has 1 aliphatic rings. The lowest BCUT2D eigenvalue weighted by atomic mass is 9.88. The third-order valence-corrected chi connectivity index (χ3v) is 4.78. The van der Waals surface area contributed by atoms with E-state index in [-0.39, 0.29) is 31.1 Å². The third-order valence-electron chi connectivity index (χ3n) is 4.78. The molecule has 0 aromatic carbocycles. The first kappa shape index (κ1) is 17.4. The van der Waals surface area contributed by atoms with E-state index in [2.05, 4.69) is 12.2 Å². The number of carbonyl (C=O) groups is 1. The number of rotatable bonds is 7. The van der Waals surface area contributed by atoms with Crippen molar-refractivity contribution in [3.8, 4) is 0 Å². The van der Waals surface area contributed by atoms with E-state index >= 15 is 0 Å². The van der Waals surface area contributed by atoms with Crippen LogP contribution in [0, 0.1) is 11.8 Å². The van der Waals surface area contributed by atoms with E-state index in [1.54, 1.807) is 6.92 Å². The van der Waals surface area contributed by atoms with Crippen LogP contribution in [0.1, 0.15) is 59.8 Å². The predicted octanol–water partition coefficient (Wildman–Crippen LogP) is 2.50. The standard InChI is InChI=1S/C16H31NO3/c1-5-13(3)16(4,19)11-17-15(18)10-20-14-9-7-6-8-12(14)2/h12-14,19H,5-11H2,1-4H3,(H,17,18). The summed E-state index contributed by atoms with van der Waals surface area (Å²) < 4.78 is 5.72. The molecule has 1 rings (SSSR count). The molecule has 4 heteroatoms. The van der Waals surface area contributed by atoms with E-state index in [0.717, 1.165) is 12.8 Å². The molecule has 1 saturated carbocycles. The van der Waals surface area contributed by atoms with Crippen LogP contribution < -0.4 is 5.32 Å². The van der Waals surface area contributed by atoms with Crippen LogP contribution >= 0.6 is 0 Å². The van der Waals surface area contributed by atoms with Crippen molar-refractivity contribution in [3.05, 3.63) is 0 Å². The van der Waals surface area contributed by atoms with Crippen molar-refractivity contribution in [2.45, 2.75) is 71.5 Å². The Hall–Kier alpha value is -0.610. The average molecular weight is 285 g/mol. The summed E-state index contributed by atoms with van der Waals surface area (Å²) in [6.45, 7) is 8.37. The van der Waals surface area contributed by atoms with Gasteiger partial charge in [0.15, 0.2) is 0 Å². The minimum Gasteiger partial charge on any atom is -0.388 e. The topological polar surface area (TPSA) is 58.6 Å². The van der Waals surface area contributed by atoms with Crippen molar-refractivity contribution >= 4 is 5.91 Å². The van der Waals surface area contributed by atoms with Gasteiger partial charge in [0.2, 0.25) is 5.91 Å². The van der Waals surface area contributed by atoms with Crippen molar-refractivity contribution in [1.29, 1.82) is 0 Å². The van der Waals surface area contributed by atoms with Gasteiger partial charge in [0.1, 0.15) is 6.61 Å². The van der Waals surface area contributed by atoms with Gasteiger partial charge in [-0.3, -0.25) is 4.79 Å². The maximum atomic E-state index is 11.8. The summed E-state index contributed by atoms with van der Waals surface area (Å²) in [5.74, 6) is 0.563. The Labute approximate surface area is 123 Å². The lowest BCUT2D eigenvalue weighted by Gasteiger charge is -2.30. The molecule has 0 aromatic heterocycles. The highest BCUT2D eigenvalue weighted by Gasteiger charge is 2.28. The van der Waals surface area contributed by atoms with Crippen LogP contribution in [0.25, 0.3) is 0 Å². The number of hydrogen-bond acceptors (Lipinski definition) is 3. The first-order chi connectivity index (χ1) is 9.36. The monoisotopic (exact) mass is 285 g/mol. The molecule has 1 aliphatic carbocycles. The Bertz CT molecular complexity index is 304. The summed E-state index contributed by atoms with van der Waals surface area (Å²) in [5, 5.41) is 13.0. The zero-order valence-electron chi connectivity index (χ0n) is 13.4. The van der Waals surface area contributed by atoms with E-state index in [9.17, 15) is 9.90 Å². The summed E-state index contributed by atoms with van der Waals surface area (Å²) in [4.78, 5) is 11.8. The maximum Gasteiger partial charge on any atom is 0.246 e. The number of carbonyl (C=O) groups excluding carboxylic acids is 1. The second-order valence-corrected chi connectivity index (χ2v) is 6.55. The zero-order chi connectivity index (χ0) is 15.2. The highest BCUT2D eigenvalue weighted by Crippen LogP contribution is 2.26. The molecule has 0 aliphatic heterocycles. The molecule has 1 amide bonds. The molecule has 4 unspecified atom stereocenters. The number of ether oxygens (including phenoxy) is 1. The molecule has 118 valence electrons. The lowest BCUT2D eigenvalue weighted by molar-refractivity contribution is -0.131. The predicted molar refractivity (Wildman–Crippen MR) is 80.5 cm³/mol. The van der Waals surface area contributed by atoms with Crippen LogP contribution in [0.5, 0.6) is 0 Å². The van der Waals surface area contributed by atoms with Gasteiger partial charge in [-0.1, -0.05) is 40.0 Å². The molecule has 0 heterocycles. The minimum absolute atomic E-state index is 0.103. The quantitative estimate of drug-likeness (QED) is 0.755. The number of aliphatic hydroxyl groups is 1. The van der Waals surface area contributed by atoms with Gasteiger partial charge < -0.3 is 15.2 Å². The first-order valence-electron chi connectivity index (χ1n) is 7.97. The Morgan fingerprint density at radius 3 is 2.70 bits per heavy atom. The number of nitrogens with one attached hydrogen (secondary N) is 1. The molecule has 2 N–H and O–H groups in total. The lowest BCUT2D eigenvalue weighted by Crippen LogP contribution is -2.46. The van der Waals surface area contributed by atoms with Crippen LogP contribution in [0.2, 0.25) is 0 Å². The highest BCUT2D eigenvalue weighted by atomic mass is 16.5. The second kappa shape index (κ2) is 7.99. The average Bonchev–Trinajstić information content (AvgIpc) is 2.43. The smallest absolute Gasteiger partial charge is 0.246 e. The largest absolute Gasteiger partial charge is 0.388 e. The maximum absolute atomic E-state index is 11.8. The van der Waals surface area contributed by atoms with E-state index < -0.39 is 5.60 Å². The molecule has 4 atom stereocenters. The van der Waals surface area contributed by atoms with Gasteiger partial charge >= 0.3 is 0 Å². The van der Waals surface area contributed by atoms with Gasteiger partial charge in [-0.15, -0.1) is 0 Å². The van der Waals surface area contributed by atoms with Gasteiger partial charge in [-0.05, 0) is 31.6 Å². The molecule has 0 aromatic rings. The summed E-state index contributed by atoms with van der Waals surface area (Å²) in [6.07, 6.45) is 5.81. The minimum atomic E-state index is -0.859. The van der Waals surface area contributed by atoms with Crippen molar-refractivity contribution in [2.75, 3.05) is 13.2 Å². The van der Waals surface area contributed by atoms with Gasteiger partial charge in [0, 0.05) is 6.54 Å². The normalized spacial score (nSPS) is 27.6. The van der Waals surface area contributed by atoms with Gasteiger partial charge in [0.25, 0.3) is 0 Å². The molecule has 4 nitrogen and oxygen atoms in total. The van der Waals surface area contributed by atoms with Crippen LogP contribution in [0.3, 0.4) is 0 Å². The van der Waals surface area contributed by atoms with Crippen molar-refractivity contribution < 1.29 is 14.6 Å². The fourth-order valence-corrected chi connectivity index (χ4v) is 2.66. The van der Waals surface area contributed by atoms with E-state index in [1.165, 1.54) is 19.3 Å². The highest BCUT2D eigenvalue weighted by molar-refractivity contribution is 5.77. The van der Waals surface area contributed by atoms with Gasteiger partial charge in [0.05, 0.1) is 11.7 Å². The summed E-state index contributed by atoms with van der Waals surface area (Å²) in [6, 6.07) is 0. The third kappa shape index (κ3) is 5.41. The summed E-state index contributed by atoms with van der Waals surface area (Å²) >= 11 is 0. The second-order valence-electron chi connectivity index (χ2n) is 6.55.